The lowest BCUT2D eigenvalue weighted by Gasteiger charge is -2.24. The fourth-order valence-corrected chi connectivity index (χ4v) is 6.09. The van der Waals surface area contributed by atoms with Crippen molar-refractivity contribution in [2.75, 3.05) is 7.11 Å². The van der Waals surface area contributed by atoms with Crippen LogP contribution in [0.5, 0.6) is 5.75 Å². The predicted molar refractivity (Wildman–Crippen MR) is 133 cm³/mol. The van der Waals surface area contributed by atoms with Crippen LogP contribution < -0.4 is 4.74 Å². The number of sulfonamides is 1. The van der Waals surface area contributed by atoms with Gasteiger partial charge in [-0.3, -0.25) is 4.57 Å². The van der Waals surface area contributed by atoms with E-state index in [1.54, 1.807) is 12.1 Å². The summed E-state index contributed by atoms with van der Waals surface area (Å²) < 4.78 is 73.1. The molecule has 0 aliphatic heterocycles. The minimum atomic E-state index is -5.85. The molecule has 3 aromatic rings. The third-order valence-electron chi connectivity index (χ3n) is 5.11. The Morgan fingerprint density at radius 1 is 0.917 bits per heavy atom. The van der Waals surface area contributed by atoms with Crippen LogP contribution in [0.3, 0.4) is 0 Å². The zero-order chi connectivity index (χ0) is 26.9. The zero-order valence-corrected chi connectivity index (χ0v) is 22.4. The molecule has 0 heterocycles. The number of rotatable bonds is 9. The molecular formula is C22H19Cl3F2NO6PS. The van der Waals surface area contributed by atoms with Gasteiger partial charge in [0.1, 0.15) is 10.6 Å². The first-order valence-corrected chi connectivity index (χ1v) is 14.2. The SMILES string of the molecule is COc1ccccc1S(=O)(=O)N(Cc1ccc(Cl)c(Cl)c1)Cc1ccc(C(F)(F)P(=O)(O)O)c(Cl)c1. The van der Waals surface area contributed by atoms with Gasteiger partial charge in [-0.05, 0) is 41.5 Å². The van der Waals surface area contributed by atoms with E-state index in [9.17, 15) is 21.8 Å². The Labute approximate surface area is 221 Å². The number of ether oxygens (including phenoxy) is 1. The number of benzene rings is 3. The lowest BCUT2D eigenvalue weighted by Crippen LogP contribution is -2.30. The summed E-state index contributed by atoms with van der Waals surface area (Å²) in [5.41, 5.74) is -4.93. The summed E-state index contributed by atoms with van der Waals surface area (Å²) in [7, 11) is -8.76. The maximum Gasteiger partial charge on any atom is 0.399 e. The van der Waals surface area contributed by atoms with Gasteiger partial charge in [0.25, 0.3) is 0 Å². The van der Waals surface area contributed by atoms with E-state index in [1.165, 1.54) is 37.4 Å². The first-order chi connectivity index (χ1) is 16.7. The van der Waals surface area contributed by atoms with Gasteiger partial charge in [0.2, 0.25) is 10.0 Å². The van der Waals surface area contributed by atoms with Gasteiger partial charge in [-0.15, -0.1) is 0 Å². The molecule has 0 radical (unpaired) electrons. The smallest absolute Gasteiger partial charge is 0.399 e. The molecule has 0 bridgehead atoms. The van der Waals surface area contributed by atoms with Crippen molar-refractivity contribution in [3.05, 3.63) is 92.4 Å². The molecule has 0 atom stereocenters. The minimum Gasteiger partial charge on any atom is -0.495 e. The number of para-hydroxylation sites is 1. The van der Waals surface area contributed by atoms with Crippen molar-refractivity contribution < 1.29 is 36.3 Å². The van der Waals surface area contributed by atoms with E-state index in [0.717, 1.165) is 22.5 Å². The lowest BCUT2D eigenvalue weighted by molar-refractivity contribution is 0.0565. The zero-order valence-electron chi connectivity index (χ0n) is 18.4. The van der Waals surface area contributed by atoms with Crippen molar-refractivity contribution in [2.24, 2.45) is 0 Å². The van der Waals surface area contributed by atoms with E-state index < -0.39 is 33.9 Å². The molecule has 0 fully saturated rings. The van der Waals surface area contributed by atoms with Gasteiger partial charge in [-0.1, -0.05) is 65.1 Å². The molecule has 0 saturated heterocycles. The minimum absolute atomic E-state index is 0.0892. The van der Waals surface area contributed by atoms with Gasteiger partial charge in [-0.2, -0.15) is 13.1 Å². The Balaban J connectivity index is 2.06. The summed E-state index contributed by atoms with van der Waals surface area (Å²) in [6, 6.07) is 13.4. The number of hydrogen-bond donors (Lipinski definition) is 2. The van der Waals surface area contributed by atoms with Crippen molar-refractivity contribution in [3.63, 3.8) is 0 Å². The maximum absolute atomic E-state index is 14.2. The largest absolute Gasteiger partial charge is 0.495 e. The second-order valence-electron chi connectivity index (χ2n) is 7.57. The third-order valence-corrected chi connectivity index (χ3v) is 8.97. The van der Waals surface area contributed by atoms with E-state index in [1.807, 2.05) is 0 Å². The number of alkyl halides is 2. The van der Waals surface area contributed by atoms with E-state index >= 15 is 0 Å². The molecule has 36 heavy (non-hydrogen) atoms. The Morgan fingerprint density at radius 2 is 1.47 bits per heavy atom. The quantitative estimate of drug-likeness (QED) is 0.281. The molecule has 3 aromatic carbocycles. The van der Waals surface area contributed by atoms with Crippen molar-refractivity contribution in [1.82, 2.24) is 4.31 Å². The Bertz CT molecular complexity index is 1440. The molecule has 0 saturated carbocycles. The molecule has 2 N–H and O–H groups in total. The van der Waals surface area contributed by atoms with Crippen LogP contribution in [0.2, 0.25) is 15.1 Å². The van der Waals surface area contributed by atoms with Gasteiger partial charge < -0.3 is 14.5 Å². The second kappa shape index (κ2) is 10.9. The first-order valence-electron chi connectivity index (χ1n) is 9.98. The monoisotopic (exact) mass is 599 g/mol. The van der Waals surface area contributed by atoms with Gasteiger partial charge in [0, 0.05) is 13.1 Å². The van der Waals surface area contributed by atoms with Crippen LogP contribution >= 0.6 is 42.4 Å². The first kappa shape index (κ1) is 28.8. The predicted octanol–water partition coefficient (Wildman–Crippen LogP) is 6.27. The van der Waals surface area contributed by atoms with E-state index in [4.69, 9.17) is 49.3 Å². The molecule has 194 valence electrons. The van der Waals surface area contributed by atoms with Crippen LogP contribution in [0, 0.1) is 0 Å². The average Bonchev–Trinajstić information content (AvgIpc) is 2.80. The average molecular weight is 601 g/mol. The normalized spacial score (nSPS) is 12.7. The summed E-state index contributed by atoms with van der Waals surface area (Å²) in [6.45, 7) is -0.516. The molecule has 0 aliphatic rings. The molecule has 14 heteroatoms. The standard InChI is InChI=1S/C22H19Cl3F2NO6PS/c1-34-20-4-2-3-5-21(20)36(32,33)28(13-15-7-9-17(23)19(25)11-15)12-14-6-8-16(18(24)10-14)22(26,27)35(29,30)31/h2-11H,12-13H2,1H3,(H2,29,30,31). The number of hydrogen-bond acceptors (Lipinski definition) is 4. The van der Waals surface area contributed by atoms with Crippen molar-refractivity contribution >= 4 is 52.4 Å². The molecular weight excluding hydrogens is 582 g/mol. The summed E-state index contributed by atoms with van der Waals surface area (Å²) in [6.07, 6.45) is 0. The van der Waals surface area contributed by atoms with Crippen molar-refractivity contribution in [2.45, 2.75) is 23.6 Å². The molecule has 0 aliphatic carbocycles. The van der Waals surface area contributed by atoms with Crippen LogP contribution in [0.4, 0.5) is 8.78 Å². The molecule has 0 spiro atoms. The highest BCUT2D eigenvalue weighted by Crippen LogP contribution is 2.60. The maximum atomic E-state index is 14.2. The Hall–Kier alpha value is -1.75. The van der Waals surface area contributed by atoms with Crippen LogP contribution in [0.15, 0.2) is 65.6 Å². The fourth-order valence-electron chi connectivity index (χ4n) is 3.30. The Morgan fingerprint density at radius 3 is 2.00 bits per heavy atom. The topological polar surface area (TPSA) is 104 Å². The molecule has 3 rings (SSSR count). The van der Waals surface area contributed by atoms with E-state index in [0.29, 0.717) is 5.56 Å². The number of nitrogens with zero attached hydrogens (tertiary/aromatic N) is 1. The van der Waals surface area contributed by atoms with Crippen LogP contribution in [-0.4, -0.2) is 29.6 Å². The highest BCUT2D eigenvalue weighted by atomic mass is 35.5. The highest BCUT2D eigenvalue weighted by Gasteiger charge is 2.51. The van der Waals surface area contributed by atoms with E-state index in [2.05, 4.69) is 0 Å². The van der Waals surface area contributed by atoms with Gasteiger partial charge in [0.05, 0.1) is 27.7 Å². The van der Waals surface area contributed by atoms with Crippen molar-refractivity contribution in [1.29, 1.82) is 0 Å². The number of halogens is 5. The van der Waals surface area contributed by atoms with Gasteiger partial charge in [0.15, 0.2) is 0 Å². The van der Waals surface area contributed by atoms with Gasteiger partial charge >= 0.3 is 13.3 Å². The second-order valence-corrected chi connectivity index (χ2v) is 12.3. The Kier molecular flexibility index (Phi) is 8.75. The summed E-state index contributed by atoms with van der Waals surface area (Å²) in [4.78, 5) is 17.9. The molecule has 0 amide bonds. The van der Waals surface area contributed by atoms with Crippen molar-refractivity contribution in [3.8, 4) is 5.75 Å². The highest BCUT2D eigenvalue weighted by molar-refractivity contribution is 7.89. The number of methoxy groups -OCH3 is 1. The summed E-state index contributed by atoms with van der Waals surface area (Å²) >= 11 is 18.0. The molecule has 0 aromatic heterocycles. The van der Waals surface area contributed by atoms with Crippen LogP contribution in [0.1, 0.15) is 16.7 Å². The van der Waals surface area contributed by atoms with Crippen LogP contribution in [0.25, 0.3) is 0 Å². The summed E-state index contributed by atoms with van der Waals surface area (Å²) in [5.74, 6) is 0.0892. The molecule has 7 nitrogen and oxygen atoms in total. The third kappa shape index (κ3) is 6.03. The summed E-state index contributed by atoms with van der Waals surface area (Å²) in [5, 5.41) is -0.159. The lowest BCUT2D eigenvalue weighted by atomic mass is 10.1. The molecule has 0 unspecified atom stereocenters. The fraction of sp³-hybridized carbons (Fsp3) is 0.182. The van der Waals surface area contributed by atoms with Crippen LogP contribution in [-0.2, 0) is 33.3 Å². The van der Waals surface area contributed by atoms with E-state index in [-0.39, 0.29) is 39.3 Å². The van der Waals surface area contributed by atoms with Gasteiger partial charge in [-0.25, -0.2) is 8.42 Å².